The standard InChI is InChI=1S/C15H19NO4/c1-4-15(2,20-3)14(19)16-12-7-5-6-11(10-12)8-9-13(17)18/h5-10H,4H2,1-3H3,(H,16,19)(H,17,18)/b9-8+. The number of methoxy groups -OCH3 is 1. The minimum Gasteiger partial charge on any atom is -0.478 e. The van der Waals surface area contributed by atoms with Crippen molar-refractivity contribution in [1.82, 2.24) is 0 Å². The van der Waals surface area contributed by atoms with E-state index in [2.05, 4.69) is 5.32 Å². The molecule has 1 aromatic carbocycles. The first kappa shape index (κ1) is 15.9. The van der Waals surface area contributed by atoms with Gasteiger partial charge in [0.05, 0.1) is 0 Å². The number of anilines is 1. The Morgan fingerprint density at radius 3 is 2.70 bits per heavy atom. The largest absolute Gasteiger partial charge is 0.478 e. The molecule has 0 aromatic heterocycles. The van der Waals surface area contributed by atoms with Crippen molar-refractivity contribution in [2.24, 2.45) is 0 Å². The van der Waals surface area contributed by atoms with Crippen LogP contribution in [0.4, 0.5) is 5.69 Å². The van der Waals surface area contributed by atoms with Gasteiger partial charge in [0.2, 0.25) is 0 Å². The van der Waals surface area contributed by atoms with Gasteiger partial charge in [0.1, 0.15) is 5.60 Å². The molecular weight excluding hydrogens is 258 g/mol. The molecular formula is C15H19NO4. The molecule has 5 heteroatoms. The normalized spacial score (nSPS) is 13.9. The lowest BCUT2D eigenvalue weighted by Gasteiger charge is -2.25. The zero-order chi connectivity index (χ0) is 15.2. The van der Waals surface area contributed by atoms with E-state index in [1.807, 2.05) is 6.92 Å². The van der Waals surface area contributed by atoms with Gasteiger partial charge in [-0.2, -0.15) is 0 Å². The Bertz CT molecular complexity index is 518. The number of carbonyl (C=O) groups excluding carboxylic acids is 1. The summed E-state index contributed by atoms with van der Waals surface area (Å²) in [6.45, 7) is 3.59. The number of amides is 1. The summed E-state index contributed by atoms with van der Waals surface area (Å²) in [6, 6.07) is 6.93. The number of hydrogen-bond donors (Lipinski definition) is 2. The van der Waals surface area contributed by atoms with E-state index in [-0.39, 0.29) is 5.91 Å². The average molecular weight is 277 g/mol. The van der Waals surface area contributed by atoms with Crippen molar-refractivity contribution >= 4 is 23.6 Å². The number of rotatable bonds is 6. The highest BCUT2D eigenvalue weighted by molar-refractivity contribution is 5.97. The van der Waals surface area contributed by atoms with Gasteiger partial charge in [-0.25, -0.2) is 4.79 Å². The minimum atomic E-state index is -1.02. The molecule has 0 saturated carbocycles. The van der Waals surface area contributed by atoms with Crippen LogP contribution in [0.15, 0.2) is 30.3 Å². The quantitative estimate of drug-likeness (QED) is 0.783. The highest BCUT2D eigenvalue weighted by Gasteiger charge is 2.30. The Balaban J connectivity index is 2.86. The fourth-order valence-corrected chi connectivity index (χ4v) is 1.55. The molecule has 0 aliphatic rings. The second-order valence-electron chi connectivity index (χ2n) is 4.54. The van der Waals surface area contributed by atoms with Gasteiger partial charge in [0, 0.05) is 18.9 Å². The van der Waals surface area contributed by atoms with Crippen LogP contribution >= 0.6 is 0 Å². The molecule has 1 atom stereocenters. The molecule has 0 fully saturated rings. The number of benzene rings is 1. The maximum absolute atomic E-state index is 12.1. The number of hydrogen-bond acceptors (Lipinski definition) is 3. The Hall–Kier alpha value is -2.14. The Morgan fingerprint density at radius 1 is 1.45 bits per heavy atom. The second-order valence-corrected chi connectivity index (χ2v) is 4.54. The first-order valence-corrected chi connectivity index (χ1v) is 6.29. The number of carbonyl (C=O) groups is 2. The summed E-state index contributed by atoms with van der Waals surface area (Å²) in [7, 11) is 1.50. The summed E-state index contributed by atoms with van der Waals surface area (Å²) in [6.07, 6.45) is 3.06. The zero-order valence-corrected chi connectivity index (χ0v) is 11.8. The van der Waals surface area contributed by atoms with Gasteiger partial charge in [-0.05, 0) is 37.1 Å². The van der Waals surface area contributed by atoms with Crippen LogP contribution in [0.5, 0.6) is 0 Å². The van der Waals surface area contributed by atoms with Crippen LogP contribution in [0.1, 0.15) is 25.8 Å². The van der Waals surface area contributed by atoms with Gasteiger partial charge < -0.3 is 15.2 Å². The molecule has 0 spiro atoms. The van der Waals surface area contributed by atoms with E-state index >= 15 is 0 Å². The lowest BCUT2D eigenvalue weighted by atomic mass is 10.0. The lowest BCUT2D eigenvalue weighted by molar-refractivity contribution is -0.136. The Kier molecular flexibility index (Phi) is 5.46. The van der Waals surface area contributed by atoms with Crippen LogP contribution in [0.2, 0.25) is 0 Å². The van der Waals surface area contributed by atoms with Crippen molar-refractivity contribution in [3.63, 3.8) is 0 Å². The lowest BCUT2D eigenvalue weighted by Crippen LogP contribution is -2.41. The van der Waals surface area contributed by atoms with Crippen molar-refractivity contribution in [3.05, 3.63) is 35.9 Å². The third-order valence-corrected chi connectivity index (χ3v) is 3.17. The number of nitrogens with one attached hydrogen (secondary N) is 1. The van der Waals surface area contributed by atoms with E-state index < -0.39 is 11.6 Å². The van der Waals surface area contributed by atoms with E-state index in [9.17, 15) is 9.59 Å². The molecule has 1 amide bonds. The summed E-state index contributed by atoms with van der Waals surface area (Å²) >= 11 is 0. The van der Waals surface area contributed by atoms with Gasteiger partial charge >= 0.3 is 5.97 Å². The number of carboxylic acids is 1. The van der Waals surface area contributed by atoms with Crippen molar-refractivity contribution in [3.8, 4) is 0 Å². The molecule has 1 rings (SSSR count). The van der Waals surface area contributed by atoms with Crippen molar-refractivity contribution in [2.45, 2.75) is 25.9 Å². The first-order chi connectivity index (χ1) is 9.41. The monoisotopic (exact) mass is 277 g/mol. The van der Waals surface area contributed by atoms with Gasteiger partial charge in [0.25, 0.3) is 5.91 Å². The molecule has 0 aliphatic heterocycles. The minimum absolute atomic E-state index is 0.234. The molecule has 0 aliphatic carbocycles. The van der Waals surface area contributed by atoms with E-state index in [0.717, 1.165) is 6.08 Å². The number of carboxylic acid groups (broad SMARTS) is 1. The fraction of sp³-hybridized carbons (Fsp3) is 0.333. The highest BCUT2D eigenvalue weighted by Crippen LogP contribution is 2.18. The second kappa shape index (κ2) is 6.86. The van der Waals surface area contributed by atoms with E-state index in [0.29, 0.717) is 17.7 Å². The zero-order valence-electron chi connectivity index (χ0n) is 11.8. The van der Waals surface area contributed by atoms with E-state index in [1.54, 1.807) is 31.2 Å². The van der Waals surface area contributed by atoms with Crippen LogP contribution in [-0.4, -0.2) is 29.7 Å². The Morgan fingerprint density at radius 2 is 2.15 bits per heavy atom. The van der Waals surface area contributed by atoms with Crippen LogP contribution in [0.3, 0.4) is 0 Å². The predicted octanol–water partition coefficient (Wildman–Crippen LogP) is 2.54. The third-order valence-electron chi connectivity index (χ3n) is 3.17. The van der Waals surface area contributed by atoms with Gasteiger partial charge in [0.15, 0.2) is 0 Å². The summed E-state index contributed by atoms with van der Waals surface area (Å²) in [5.41, 5.74) is 0.410. The van der Waals surface area contributed by atoms with E-state index in [1.165, 1.54) is 13.2 Å². The molecule has 1 unspecified atom stereocenters. The SMILES string of the molecule is CCC(C)(OC)C(=O)Nc1cccc(/C=C/C(=O)O)c1. The Labute approximate surface area is 118 Å². The maximum atomic E-state index is 12.1. The predicted molar refractivity (Wildman–Crippen MR) is 77.4 cm³/mol. The van der Waals surface area contributed by atoms with Crippen LogP contribution in [-0.2, 0) is 14.3 Å². The van der Waals surface area contributed by atoms with Crippen molar-refractivity contribution in [1.29, 1.82) is 0 Å². The number of ether oxygens (including phenoxy) is 1. The molecule has 2 N–H and O–H groups in total. The molecule has 1 aromatic rings. The maximum Gasteiger partial charge on any atom is 0.328 e. The highest BCUT2D eigenvalue weighted by atomic mass is 16.5. The van der Waals surface area contributed by atoms with Crippen molar-refractivity contribution in [2.75, 3.05) is 12.4 Å². The average Bonchev–Trinajstić information content (AvgIpc) is 2.44. The van der Waals surface area contributed by atoms with Crippen molar-refractivity contribution < 1.29 is 19.4 Å². The van der Waals surface area contributed by atoms with Crippen LogP contribution < -0.4 is 5.32 Å². The van der Waals surface area contributed by atoms with Gasteiger partial charge in [-0.15, -0.1) is 0 Å². The first-order valence-electron chi connectivity index (χ1n) is 6.29. The molecule has 108 valence electrons. The summed E-state index contributed by atoms with van der Waals surface area (Å²) in [4.78, 5) is 22.6. The molecule has 5 nitrogen and oxygen atoms in total. The third kappa shape index (κ3) is 4.20. The molecule has 0 saturated heterocycles. The van der Waals surface area contributed by atoms with Gasteiger partial charge in [-0.3, -0.25) is 4.79 Å². The summed E-state index contributed by atoms with van der Waals surface area (Å²) < 4.78 is 5.23. The summed E-state index contributed by atoms with van der Waals surface area (Å²) in [5, 5.41) is 11.4. The molecule has 0 heterocycles. The topological polar surface area (TPSA) is 75.6 Å². The molecule has 20 heavy (non-hydrogen) atoms. The number of aliphatic carboxylic acids is 1. The van der Waals surface area contributed by atoms with E-state index in [4.69, 9.17) is 9.84 Å². The van der Waals surface area contributed by atoms with Crippen LogP contribution in [0, 0.1) is 0 Å². The summed E-state index contributed by atoms with van der Waals surface area (Å²) in [5.74, 6) is -1.25. The van der Waals surface area contributed by atoms with Gasteiger partial charge in [-0.1, -0.05) is 19.1 Å². The van der Waals surface area contributed by atoms with Crippen LogP contribution in [0.25, 0.3) is 6.08 Å². The fourth-order valence-electron chi connectivity index (χ4n) is 1.55. The molecule has 0 bridgehead atoms. The smallest absolute Gasteiger partial charge is 0.328 e. The molecule has 0 radical (unpaired) electrons.